The minimum atomic E-state index is -0.347. The Balaban J connectivity index is 1.54. The molecule has 0 aliphatic carbocycles. The molecule has 0 spiro atoms. The number of rotatable bonds is 6. The number of piperidine rings is 1. The van der Waals surface area contributed by atoms with E-state index >= 15 is 0 Å². The molecule has 1 fully saturated rings. The first kappa shape index (κ1) is 17.9. The summed E-state index contributed by atoms with van der Waals surface area (Å²) in [7, 11) is 0. The normalized spacial score (nSPS) is 18.6. The third-order valence-electron chi connectivity index (χ3n) is 5.14. The van der Waals surface area contributed by atoms with Crippen molar-refractivity contribution in [2.45, 2.75) is 38.6 Å². The van der Waals surface area contributed by atoms with E-state index in [4.69, 9.17) is 0 Å². The number of aliphatic hydroxyl groups is 1. The minimum Gasteiger partial charge on any atom is -0.395 e. The lowest BCUT2D eigenvalue weighted by molar-refractivity contribution is 0.0867. The molecule has 1 aliphatic rings. The topological polar surface area (TPSA) is 68.4 Å². The highest BCUT2D eigenvalue weighted by atomic mass is 19.1. The standard InChI is InChI=1S/C19H26FN3O2/c1-13-15-7-4-8-16(20)18(15)22-17(13)19(25)21-9-5-11-23-10-3-2-6-14(23)12-24/h4,7-8,14,22,24H,2-3,5-6,9-12H2,1H3,(H,21,25)/t14-/m1/s1. The van der Waals surface area contributed by atoms with Gasteiger partial charge in [-0.1, -0.05) is 18.6 Å². The molecule has 1 atom stereocenters. The first-order chi connectivity index (χ1) is 12.1. The average molecular weight is 347 g/mol. The van der Waals surface area contributed by atoms with Crippen LogP contribution in [0.5, 0.6) is 0 Å². The molecule has 0 radical (unpaired) electrons. The van der Waals surface area contributed by atoms with Gasteiger partial charge in [-0.05, 0) is 44.4 Å². The zero-order valence-electron chi connectivity index (χ0n) is 14.6. The van der Waals surface area contributed by atoms with E-state index in [2.05, 4.69) is 15.2 Å². The summed E-state index contributed by atoms with van der Waals surface area (Å²) in [6.45, 7) is 4.47. The molecule has 1 amide bonds. The van der Waals surface area contributed by atoms with Crippen molar-refractivity contribution in [3.63, 3.8) is 0 Å². The van der Waals surface area contributed by atoms with E-state index in [1.807, 2.05) is 13.0 Å². The Bertz CT molecular complexity index is 744. The van der Waals surface area contributed by atoms with E-state index in [1.165, 1.54) is 18.9 Å². The highest BCUT2D eigenvalue weighted by Crippen LogP contribution is 2.23. The monoisotopic (exact) mass is 347 g/mol. The lowest BCUT2D eigenvalue weighted by atomic mass is 10.0. The van der Waals surface area contributed by atoms with E-state index < -0.39 is 0 Å². The number of halogens is 1. The van der Waals surface area contributed by atoms with E-state index in [0.29, 0.717) is 17.8 Å². The van der Waals surface area contributed by atoms with E-state index in [0.717, 1.165) is 36.9 Å². The smallest absolute Gasteiger partial charge is 0.268 e. The summed E-state index contributed by atoms with van der Waals surface area (Å²) in [6.07, 6.45) is 4.22. The molecule has 2 heterocycles. The third kappa shape index (κ3) is 3.85. The summed E-state index contributed by atoms with van der Waals surface area (Å²) >= 11 is 0. The van der Waals surface area contributed by atoms with Crippen LogP contribution in [0.1, 0.15) is 41.7 Å². The minimum absolute atomic E-state index is 0.201. The van der Waals surface area contributed by atoms with Crippen LogP contribution in [0.15, 0.2) is 18.2 Å². The number of aliphatic hydroxyl groups excluding tert-OH is 1. The predicted octanol–water partition coefficient (Wildman–Crippen LogP) is 2.58. The number of nitrogens with zero attached hydrogens (tertiary/aromatic N) is 1. The molecule has 5 nitrogen and oxygen atoms in total. The number of fused-ring (bicyclic) bond motifs is 1. The summed E-state index contributed by atoms with van der Waals surface area (Å²) in [6, 6.07) is 5.10. The first-order valence-corrected chi connectivity index (χ1v) is 9.01. The molecule has 0 bridgehead atoms. The summed E-state index contributed by atoms with van der Waals surface area (Å²) in [5.74, 6) is -0.551. The summed E-state index contributed by atoms with van der Waals surface area (Å²) in [4.78, 5) is 17.6. The van der Waals surface area contributed by atoms with Crippen LogP contribution in [-0.4, -0.2) is 53.2 Å². The van der Waals surface area contributed by atoms with Crippen LogP contribution in [0.4, 0.5) is 4.39 Å². The molecular weight excluding hydrogens is 321 g/mol. The zero-order chi connectivity index (χ0) is 17.8. The van der Waals surface area contributed by atoms with Gasteiger partial charge in [0.05, 0.1) is 12.1 Å². The number of likely N-dealkylation sites (tertiary alicyclic amines) is 1. The van der Waals surface area contributed by atoms with Gasteiger partial charge in [-0.3, -0.25) is 9.69 Å². The Morgan fingerprint density at radius 1 is 1.44 bits per heavy atom. The van der Waals surface area contributed by atoms with Gasteiger partial charge in [0, 0.05) is 24.5 Å². The molecule has 1 aliphatic heterocycles. The van der Waals surface area contributed by atoms with Gasteiger partial charge in [0.25, 0.3) is 5.91 Å². The maximum atomic E-state index is 13.8. The number of H-pyrrole nitrogens is 1. The predicted molar refractivity (Wildman–Crippen MR) is 96.2 cm³/mol. The number of amides is 1. The molecule has 1 saturated heterocycles. The number of aryl methyl sites for hydroxylation is 1. The van der Waals surface area contributed by atoms with E-state index in [1.54, 1.807) is 6.07 Å². The maximum absolute atomic E-state index is 13.8. The number of nitrogens with one attached hydrogen (secondary N) is 2. The Morgan fingerprint density at radius 3 is 3.04 bits per heavy atom. The molecule has 3 rings (SSSR count). The van der Waals surface area contributed by atoms with Crippen LogP contribution >= 0.6 is 0 Å². The molecular formula is C19H26FN3O2. The SMILES string of the molecule is Cc1c(C(=O)NCCCN2CCCC[C@@H]2CO)[nH]c2c(F)cccc12. The lowest BCUT2D eigenvalue weighted by Gasteiger charge is -2.34. The fourth-order valence-corrected chi connectivity index (χ4v) is 3.68. The van der Waals surface area contributed by atoms with Gasteiger partial charge in [-0.15, -0.1) is 0 Å². The number of para-hydroxylation sites is 1. The van der Waals surface area contributed by atoms with Crippen LogP contribution < -0.4 is 5.32 Å². The van der Waals surface area contributed by atoms with Gasteiger partial charge < -0.3 is 15.4 Å². The molecule has 2 aromatic rings. The number of aromatic amines is 1. The maximum Gasteiger partial charge on any atom is 0.268 e. The van der Waals surface area contributed by atoms with Crippen molar-refractivity contribution >= 4 is 16.8 Å². The molecule has 1 aromatic carbocycles. The van der Waals surface area contributed by atoms with Gasteiger partial charge in [0.1, 0.15) is 11.5 Å². The third-order valence-corrected chi connectivity index (χ3v) is 5.14. The molecule has 0 saturated carbocycles. The van der Waals surface area contributed by atoms with Crippen molar-refractivity contribution in [3.05, 3.63) is 35.3 Å². The largest absolute Gasteiger partial charge is 0.395 e. The summed E-state index contributed by atoms with van der Waals surface area (Å²) in [5.41, 5.74) is 1.57. The van der Waals surface area contributed by atoms with Crippen LogP contribution in [0, 0.1) is 12.7 Å². The van der Waals surface area contributed by atoms with Crippen molar-refractivity contribution in [2.75, 3.05) is 26.2 Å². The van der Waals surface area contributed by atoms with Gasteiger partial charge >= 0.3 is 0 Å². The number of hydrogen-bond donors (Lipinski definition) is 3. The Kier molecular flexibility index (Phi) is 5.71. The molecule has 1 aromatic heterocycles. The first-order valence-electron chi connectivity index (χ1n) is 9.01. The Labute approximate surface area is 147 Å². The quantitative estimate of drug-likeness (QED) is 0.704. The Hall–Kier alpha value is -1.92. The Morgan fingerprint density at radius 2 is 2.28 bits per heavy atom. The molecule has 136 valence electrons. The second kappa shape index (κ2) is 7.97. The van der Waals surface area contributed by atoms with Crippen LogP contribution in [0.2, 0.25) is 0 Å². The fraction of sp³-hybridized carbons (Fsp3) is 0.526. The van der Waals surface area contributed by atoms with Gasteiger partial charge in [-0.2, -0.15) is 0 Å². The lowest BCUT2D eigenvalue weighted by Crippen LogP contribution is -2.43. The highest BCUT2D eigenvalue weighted by molar-refractivity contribution is 6.00. The second-order valence-electron chi connectivity index (χ2n) is 6.76. The van der Waals surface area contributed by atoms with Gasteiger partial charge in [0.2, 0.25) is 0 Å². The van der Waals surface area contributed by atoms with Crippen LogP contribution in [0.3, 0.4) is 0 Å². The number of aromatic nitrogens is 1. The average Bonchev–Trinajstić information content (AvgIpc) is 2.97. The molecule has 25 heavy (non-hydrogen) atoms. The summed E-state index contributed by atoms with van der Waals surface area (Å²) in [5, 5.41) is 13.1. The van der Waals surface area contributed by atoms with Crippen molar-refractivity contribution in [2.24, 2.45) is 0 Å². The molecule has 3 N–H and O–H groups in total. The summed E-state index contributed by atoms with van der Waals surface area (Å²) < 4.78 is 13.8. The van der Waals surface area contributed by atoms with Gasteiger partial charge in [-0.25, -0.2) is 4.39 Å². The van der Waals surface area contributed by atoms with Crippen LogP contribution in [0.25, 0.3) is 10.9 Å². The van der Waals surface area contributed by atoms with E-state index in [9.17, 15) is 14.3 Å². The number of carbonyl (C=O) groups excluding carboxylic acids is 1. The highest BCUT2D eigenvalue weighted by Gasteiger charge is 2.21. The van der Waals surface area contributed by atoms with Crippen LogP contribution in [-0.2, 0) is 0 Å². The van der Waals surface area contributed by atoms with Crippen molar-refractivity contribution in [1.82, 2.24) is 15.2 Å². The van der Waals surface area contributed by atoms with Crippen molar-refractivity contribution in [1.29, 1.82) is 0 Å². The molecule has 6 heteroatoms. The van der Waals surface area contributed by atoms with Crippen molar-refractivity contribution in [3.8, 4) is 0 Å². The van der Waals surface area contributed by atoms with E-state index in [-0.39, 0.29) is 24.4 Å². The fourth-order valence-electron chi connectivity index (χ4n) is 3.68. The second-order valence-corrected chi connectivity index (χ2v) is 6.76. The molecule has 0 unspecified atom stereocenters. The van der Waals surface area contributed by atoms with Crippen molar-refractivity contribution < 1.29 is 14.3 Å². The number of hydrogen-bond acceptors (Lipinski definition) is 3. The van der Waals surface area contributed by atoms with Gasteiger partial charge in [0.15, 0.2) is 0 Å². The number of carbonyl (C=O) groups is 1. The number of benzene rings is 1. The zero-order valence-corrected chi connectivity index (χ0v) is 14.6.